The van der Waals surface area contributed by atoms with Crippen LogP contribution < -0.4 is 0 Å². The van der Waals surface area contributed by atoms with E-state index in [4.69, 9.17) is 0 Å². The van der Waals surface area contributed by atoms with Crippen LogP contribution >= 0.6 is 54.5 Å². The van der Waals surface area contributed by atoms with Gasteiger partial charge in [0.2, 0.25) is 0 Å². The van der Waals surface area contributed by atoms with E-state index in [2.05, 4.69) is 92.5 Å². The Balaban J connectivity index is 1.81. The number of hydrogen-bond donors (Lipinski definition) is 0. The molecular formula is C22H10Br2S2. The van der Waals surface area contributed by atoms with Gasteiger partial charge in [0, 0.05) is 32.0 Å². The van der Waals surface area contributed by atoms with Crippen LogP contribution in [0.25, 0.3) is 33.4 Å². The summed E-state index contributed by atoms with van der Waals surface area (Å²) in [5, 5.41) is 0. The fourth-order valence-corrected chi connectivity index (χ4v) is 7.46. The highest BCUT2D eigenvalue weighted by Crippen LogP contribution is 2.58. The van der Waals surface area contributed by atoms with Crippen LogP contribution in [0.3, 0.4) is 0 Å². The van der Waals surface area contributed by atoms with Crippen molar-refractivity contribution in [2.75, 3.05) is 0 Å². The standard InChI is InChI=1S/C22H10Br2S2/c23-17-9-15-11-5-1-3-7-13(11)19(21(15)25-17)20-14-8-4-2-6-12(14)16-10-18(24)26-22(16)20/h1-10H. The Morgan fingerprint density at radius 3 is 1.31 bits per heavy atom. The molecule has 0 saturated carbocycles. The lowest BCUT2D eigenvalue weighted by atomic mass is 9.97. The average molecular weight is 498 g/mol. The highest BCUT2D eigenvalue weighted by Gasteiger charge is 2.34. The van der Waals surface area contributed by atoms with Gasteiger partial charge in [0.1, 0.15) is 0 Å². The van der Waals surface area contributed by atoms with E-state index < -0.39 is 0 Å². The van der Waals surface area contributed by atoms with Crippen molar-refractivity contribution in [3.05, 3.63) is 89.1 Å². The summed E-state index contributed by atoms with van der Waals surface area (Å²) in [7, 11) is 0. The smallest absolute Gasteiger partial charge is 0.0711 e. The molecule has 0 unspecified atom stereocenters. The highest BCUT2D eigenvalue weighted by molar-refractivity contribution is 9.11. The first-order valence-electron chi connectivity index (χ1n) is 8.25. The van der Waals surface area contributed by atoms with E-state index in [1.807, 2.05) is 22.7 Å². The van der Waals surface area contributed by atoms with Crippen LogP contribution in [0.1, 0.15) is 20.9 Å². The molecule has 26 heavy (non-hydrogen) atoms. The van der Waals surface area contributed by atoms with Gasteiger partial charge in [-0.1, -0.05) is 48.5 Å². The van der Waals surface area contributed by atoms with Crippen molar-refractivity contribution in [2.24, 2.45) is 0 Å². The molecule has 2 aromatic carbocycles. The van der Waals surface area contributed by atoms with Crippen molar-refractivity contribution >= 4 is 65.7 Å². The molecule has 2 aromatic heterocycles. The van der Waals surface area contributed by atoms with E-state index >= 15 is 0 Å². The Morgan fingerprint density at radius 1 is 0.500 bits per heavy atom. The molecule has 0 nitrogen and oxygen atoms in total. The number of hydrogen-bond acceptors (Lipinski definition) is 2. The lowest BCUT2D eigenvalue weighted by Crippen LogP contribution is -1.88. The number of rotatable bonds is 0. The van der Waals surface area contributed by atoms with Gasteiger partial charge in [0.05, 0.1) is 7.57 Å². The monoisotopic (exact) mass is 496 g/mol. The maximum absolute atomic E-state index is 3.70. The van der Waals surface area contributed by atoms with Crippen LogP contribution in [0, 0.1) is 0 Å². The molecule has 0 fully saturated rings. The van der Waals surface area contributed by atoms with Crippen molar-refractivity contribution in [1.82, 2.24) is 0 Å². The van der Waals surface area contributed by atoms with Crippen molar-refractivity contribution in [2.45, 2.75) is 0 Å². The van der Waals surface area contributed by atoms with Gasteiger partial charge in [-0.2, -0.15) is 0 Å². The van der Waals surface area contributed by atoms with Gasteiger partial charge in [0.15, 0.2) is 0 Å². The Hall–Kier alpha value is -1.46. The van der Waals surface area contributed by atoms with Crippen LogP contribution in [-0.4, -0.2) is 0 Å². The molecule has 0 N–H and O–H groups in total. The number of benzene rings is 2. The molecule has 2 heterocycles. The molecule has 0 spiro atoms. The molecule has 4 aromatic rings. The van der Waals surface area contributed by atoms with Crippen LogP contribution in [0.2, 0.25) is 0 Å². The molecule has 124 valence electrons. The van der Waals surface area contributed by atoms with E-state index in [1.165, 1.54) is 61.9 Å². The minimum atomic E-state index is 1.19. The maximum Gasteiger partial charge on any atom is 0.0711 e. The van der Waals surface area contributed by atoms with Crippen molar-refractivity contribution in [1.29, 1.82) is 0 Å². The molecule has 0 bridgehead atoms. The maximum atomic E-state index is 3.70. The Bertz CT molecular complexity index is 1160. The molecule has 0 aliphatic heterocycles. The summed E-state index contributed by atoms with van der Waals surface area (Å²) >= 11 is 11.1. The number of thiophene rings is 2. The molecule has 0 saturated heterocycles. The summed E-state index contributed by atoms with van der Waals surface area (Å²) in [6, 6.07) is 22.1. The Morgan fingerprint density at radius 2 is 0.885 bits per heavy atom. The summed E-state index contributed by atoms with van der Waals surface area (Å²) in [6.45, 7) is 0. The van der Waals surface area contributed by atoms with Crippen LogP contribution in [0.5, 0.6) is 0 Å². The van der Waals surface area contributed by atoms with Gasteiger partial charge in [-0.15, -0.1) is 22.7 Å². The van der Waals surface area contributed by atoms with Gasteiger partial charge >= 0.3 is 0 Å². The summed E-state index contributed by atoms with van der Waals surface area (Å²) in [5.74, 6) is 0. The van der Waals surface area contributed by atoms with Crippen molar-refractivity contribution in [3.8, 4) is 22.3 Å². The second-order valence-corrected chi connectivity index (χ2v) is 11.3. The van der Waals surface area contributed by atoms with E-state index in [9.17, 15) is 0 Å². The third-order valence-corrected chi connectivity index (χ3v) is 8.39. The molecule has 0 radical (unpaired) electrons. The molecule has 0 atom stereocenters. The van der Waals surface area contributed by atoms with E-state index in [1.54, 1.807) is 0 Å². The average Bonchev–Trinajstić information content (AvgIpc) is 3.34. The van der Waals surface area contributed by atoms with Crippen molar-refractivity contribution in [3.63, 3.8) is 0 Å². The number of fused-ring (bicyclic) bond motifs is 6. The zero-order chi connectivity index (χ0) is 17.4. The summed E-state index contributed by atoms with van der Waals surface area (Å²) in [4.78, 5) is 2.75. The molecule has 6 rings (SSSR count). The number of halogens is 2. The first-order chi connectivity index (χ1) is 12.7. The fourth-order valence-electron chi connectivity index (χ4n) is 4.11. The lowest BCUT2D eigenvalue weighted by Gasteiger charge is -2.09. The normalized spacial score (nSPS) is 16.4. The predicted octanol–water partition coefficient (Wildman–Crippen LogP) is 8.30. The van der Waals surface area contributed by atoms with Gasteiger partial charge in [-0.05, 0) is 66.2 Å². The lowest BCUT2D eigenvalue weighted by molar-refractivity contribution is 1.63. The van der Waals surface area contributed by atoms with Crippen LogP contribution in [0.4, 0.5) is 0 Å². The Kier molecular flexibility index (Phi) is 3.31. The fraction of sp³-hybridized carbons (Fsp3) is 0. The summed E-state index contributed by atoms with van der Waals surface area (Å²) in [6.07, 6.45) is 0. The van der Waals surface area contributed by atoms with Gasteiger partial charge in [-0.3, -0.25) is 0 Å². The van der Waals surface area contributed by atoms with Gasteiger partial charge in [-0.25, -0.2) is 0 Å². The van der Waals surface area contributed by atoms with E-state index in [0.717, 1.165) is 0 Å². The van der Waals surface area contributed by atoms with E-state index in [-0.39, 0.29) is 0 Å². The van der Waals surface area contributed by atoms with Gasteiger partial charge < -0.3 is 0 Å². The van der Waals surface area contributed by atoms with E-state index in [0.29, 0.717) is 0 Å². The van der Waals surface area contributed by atoms with Crippen LogP contribution in [-0.2, 0) is 0 Å². The zero-order valence-electron chi connectivity index (χ0n) is 13.3. The topological polar surface area (TPSA) is 0 Å². The first kappa shape index (κ1) is 15.6. The minimum Gasteiger partial charge on any atom is -0.128 e. The zero-order valence-corrected chi connectivity index (χ0v) is 18.2. The quantitative estimate of drug-likeness (QED) is 0.198. The Labute approximate surface area is 176 Å². The third kappa shape index (κ3) is 1.99. The second-order valence-electron chi connectivity index (χ2n) is 6.43. The highest BCUT2D eigenvalue weighted by atomic mass is 79.9. The summed E-state index contributed by atoms with van der Waals surface area (Å²) in [5.41, 5.74) is 10.8. The SMILES string of the molecule is Brc1cc2c(s1)C(=C1c3ccccc3-c3cc(Br)sc31)c1ccccc1-2. The molecule has 2 aliphatic rings. The molecule has 2 aliphatic carbocycles. The second kappa shape index (κ2) is 5.52. The first-order valence-corrected chi connectivity index (χ1v) is 11.5. The largest absolute Gasteiger partial charge is 0.128 e. The van der Waals surface area contributed by atoms with Gasteiger partial charge in [0.25, 0.3) is 0 Å². The molecule has 0 amide bonds. The third-order valence-electron chi connectivity index (χ3n) is 5.08. The van der Waals surface area contributed by atoms with Crippen molar-refractivity contribution < 1.29 is 0 Å². The van der Waals surface area contributed by atoms with Crippen LogP contribution in [0.15, 0.2) is 68.2 Å². The minimum absolute atomic E-state index is 1.19. The predicted molar refractivity (Wildman–Crippen MR) is 120 cm³/mol. The molecule has 4 heteroatoms. The molecular weight excluding hydrogens is 488 g/mol. The summed E-state index contributed by atoms with van der Waals surface area (Å²) < 4.78 is 2.38.